The van der Waals surface area contributed by atoms with E-state index in [4.69, 9.17) is 4.74 Å². The highest BCUT2D eigenvalue weighted by atomic mass is 32.2. The zero-order valence-corrected chi connectivity index (χ0v) is 19.6. The number of ether oxygens (including phenoxy) is 1. The number of aryl methyl sites for hydroxylation is 1. The molecule has 0 bridgehead atoms. The minimum absolute atomic E-state index is 0.357. The number of anilines is 2. The van der Waals surface area contributed by atoms with Gasteiger partial charge in [-0.1, -0.05) is 12.1 Å². The number of methoxy groups -OCH3 is 1. The third-order valence-electron chi connectivity index (χ3n) is 5.77. The van der Waals surface area contributed by atoms with Gasteiger partial charge < -0.3 is 15.0 Å². The molecular weight excluding hydrogens is 426 g/mol. The topological polar surface area (TPSA) is 99.3 Å². The number of hydrogen-bond acceptors (Lipinski definition) is 7. The van der Waals surface area contributed by atoms with Gasteiger partial charge in [-0.3, -0.25) is 0 Å². The van der Waals surface area contributed by atoms with Crippen LogP contribution in [0.1, 0.15) is 18.4 Å². The minimum atomic E-state index is -1.36. The van der Waals surface area contributed by atoms with Crippen LogP contribution in [0.4, 0.5) is 11.6 Å². The molecule has 2 N–H and O–H groups in total. The van der Waals surface area contributed by atoms with E-state index in [0.29, 0.717) is 23.0 Å². The maximum absolute atomic E-state index is 13.0. The van der Waals surface area contributed by atoms with Crippen molar-refractivity contribution in [2.24, 2.45) is 0 Å². The summed E-state index contributed by atoms with van der Waals surface area (Å²) in [5.74, 6) is 0.926. The van der Waals surface area contributed by atoms with Gasteiger partial charge in [0, 0.05) is 42.6 Å². The minimum Gasteiger partial charge on any atom is -0.481 e. The van der Waals surface area contributed by atoms with Crippen LogP contribution in [-0.2, 0) is 11.0 Å². The van der Waals surface area contributed by atoms with E-state index in [9.17, 15) is 4.21 Å². The Kier molecular flexibility index (Phi) is 6.83. The Morgan fingerprint density at radius 3 is 2.75 bits per heavy atom. The van der Waals surface area contributed by atoms with Crippen LogP contribution in [0.2, 0.25) is 0 Å². The summed E-state index contributed by atoms with van der Waals surface area (Å²) in [6.07, 6.45) is 3.69. The summed E-state index contributed by atoms with van der Waals surface area (Å²) in [5.41, 5.74) is 3.92. The van der Waals surface area contributed by atoms with Crippen molar-refractivity contribution in [2.75, 3.05) is 39.6 Å². The molecule has 1 atom stereocenters. The van der Waals surface area contributed by atoms with Crippen LogP contribution in [-0.4, -0.2) is 73.9 Å². The van der Waals surface area contributed by atoms with E-state index in [1.807, 2.05) is 41.6 Å². The number of aromatic amines is 1. The second kappa shape index (κ2) is 9.76. The quantitative estimate of drug-likeness (QED) is 0.565. The Hall–Kier alpha value is -2.82. The van der Waals surface area contributed by atoms with Crippen molar-refractivity contribution in [3.63, 3.8) is 0 Å². The fourth-order valence-electron chi connectivity index (χ4n) is 3.98. The van der Waals surface area contributed by atoms with Crippen LogP contribution in [0.3, 0.4) is 0 Å². The molecule has 3 aromatic rings. The van der Waals surface area contributed by atoms with E-state index in [2.05, 4.69) is 44.5 Å². The lowest BCUT2D eigenvalue weighted by molar-refractivity contribution is 0.200. The number of hydrogen-bond donors (Lipinski definition) is 2. The Bertz CT molecular complexity index is 1090. The molecule has 32 heavy (non-hydrogen) atoms. The highest BCUT2D eigenvalue weighted by molar-refractivity contribution is 7.82. The van der Waals surface area contributed by atoms with E-state index in [1.165, 1.54) is 0 Å². The molecule has 0 spiro atoms. The standard InChI is InChI=1S/C22H29N7O2S/c1-15-6-5-7-18(20(15)16-8-11-23-19(14-16)31-4)24-21-25-22(27-26-21)32(30)29-12-9-17(10-13-29)28(2)3/h5-8,11,14,17H,9-10,12-13H2,1-4H3,(H2,24,25,26,27). The summed E-state index contributed by atoms with van der Waals surface area (Å²) in [5, 5.41) is 10.7. The molecule has 0 saturated carbocycles. The van der Waals surface area contributed by atoms with Crippen LogP contribution in [0.15, 0.2) is 41.7 Å². The van der Waals surface area contributed by atoms with Crippen molar-refractivity contribution in [3.8, 4) is 17.0 Å². The van der Waals surface area contributed by atoms with Crippen molar-refractivity contribution in [2.45, 2.75) is 31.0 Å². The SMILES string of the molecule is COc1cc(-c2c(C)cccc2Nc2n[nH]c(S(=O)N3CCC(N(C)C)CC3)n2)ccn1. The molecule has 1 aromatic carbocycles. The monoisotopic (exact) mass is 455 g/mol. The summed E-state index contributed by atoms with van der Waals surface area (Å²) in [6.45, 7) is 3.58. The molecule has 1 aliphatic rings. The fraction of sp³-hybridized carbons (Fsp3) is 0.409. The van der Waals surface area contributed by atoms with Crippen LogP contribution >= 0.6 is 0 Å². The van der Waals surface area contributed by atoms with E-state index in [-0.39, 0.29) is 0 Å². The number of pyridine rings is 1. The Morgan fingerprint density at radius 2 is 2.03 bits per heavy atom. The predicted molar refractivity (Wildman–Crippen MR) is 125 cm³/mol. The van der Waals surface area contributed by atoms with Gasteiger partial charge in [0.05, 0.1) is 7.11 Å². The molecule has 1 saturated heterocycles. The van der Waals surface area contributed by atoms with Crippen molar-refractivity contribution in [3.05, 3.63) is 42.1 Å². The second-order valence-electron chi connectivity index (χ2n) is 8.05. The van der Waals surface area contributed by atoms with Crippen molar-refractivity contribution in [1.82, 2.24) is 29.4 Å². The first kappa shape index (κ1) is 22.4. The molecule has 2 aromatic heterocycles. The number of benzene rings is 1. The highest BCUT2D eigenvalue weighted by Crippen LogP contribution is 2.34. The smallest absolute Gasteiger partial charge is 0.247 e. The first-order valence-corrected chi connectivity index (χ1v) is 11.7. The first-order chi connectivity index (χ1) is 15.5. The Morgan fingerprint density at radius 1 is 1.25 bits per heavy atom. The largest absolute Gasteiger partial charge is 0.481 e. The average molecular weight is 456 g/mol. The molecule has 4 rings (SSSR count). The van der Waals surface area contributed by atoms with Gasteiger partial charge in [-0.2, -0.15) is 4.98 Å². The second-order valence-corrected chi connectivity index (χ2v) is 9.45. The molecule has 170 valence electrons. The van der Waals surface area contributed by atoms with Gasteiger partial charge in [0.25, 0.3) is 0 Å². The number of nitrogens with zero attached hydrogens (tertiary/aromatic N) is 5. The predicted octanol–water partition coefficient (Wildman–Crippen LogP) is 2.98. The molecule has 1 aliphatic heterocycles. The van der Waals surface area contributed by atoms with Crippen LogP contribution in [0.25, 0.3) is 11.1 Å². The van der Waals surface area contributed by atoms with Crippen molar-refractivity contribution in [1.29, 1.82) is 0 Å². The van der Waals surface area contributed by atoms with Gasteiger partial charge in [-0.25, -0.2) is 18.6 Å². The molecule has 0 aliphatic carbocycles. The fourth-order valence-corrected chi connectivity index (χ4v) is 5.06. The Balaban J connectivity index is 1.52. The molecule has 1 fully saturated rings. The van der Waals surface area contributed by atoms with Crippen LogP contribution in [0, 0.1) is 6.92 Å². The third-order valence-corrected chi connectivity index (χ3v) is 7.12. The van der Waals surface area contributed by atoms with Gasteiger partial charge in [0.1, 0.15) is 0 Å². The van der Waals surface area contributed by atoms with Crippen LogP contribution < -0.4 is 10.1 Å². The summed E-state index contributed by atoms with van der Waals surface area (Å²) < 4.78 is 20.2. The van der Waals surface area contributed by atoms with E-state index in [0.717, 1.165) is 48.3 Å². The maximum Gasteiger partial charge on any atom is 0.247 e. The zero-order chi connectivity index (χ0) is 22.7. The number of piperidine rings is 1. The molecular formula is C22H29N7O2S. The van der Waals surface area contributed by atoms with Crippen molar-refractivity contribution < 1.29 is 8.95 Å². The van der Waals surface area contributed by atoms with Gasteiger partial charge in [0.2, 0.25) is 17.0 Å². The van der Waals surface area contributed by atoms with Crippen LogP contribution in [0.5, 0.6) is 5.88 Å². The number of aromatic nitrogens is 4. The van der Waals surface area contributed by atoms with E-state index >= 15 is 0 Å². The molecule has 3 heterocycles. The third kappa shape index (κ3) is 4.82. The van der Waals surface area contributed by atoms with Gasteiger partial charge >= 0.3 is 0 Å². The summed E-state index contributed by atoms with van der Waals surface area (Å²) in [6, 6.07) is 10.3. The lowest BCUT2D eigenvalue weighted by Gasteiger charge is -2.33. The van der Waals surface area contributed by atoms with Crippen molar-refractivity contribution >= 4 is 22.6 Å². The summed E-state index contributed by atoms with van der Waals surface area (Å²) in [4.78, 5) is 10.9. The number of rotatable bonds is 7. The lowest BCUT2D eigenvalue weighted by atomic mass is 9.99. The summed E-state index contributed by atoms with van der Waals surface area (Å²) in [7, 11) is 4.42. The average Bonchev–Trinajstić information content (AvgIpc) is 3.27. The normalized spacial score (nSPS) is 16.3. The maximum atomic E-state index is 13.0. The Labute approximate surface area is 190 Å². The lowest BCUT2D eigenvalue weighted by Crippen LogP contribution is -2.42. The highest BCUT2D eigenvalue weighted by Gasteiger charge is 2.26. The molecule has 9 nitrogen and oxygen atoms in total. The number of nitrogens with one attached hydrogen (secondary N) is 2. The van der Waals surface area contributed by atoms with E-state index < -0.39 is 11.0 Å². The number of H-pyrrole nitrogens is 1. The zero-order valence-electron chi connectivity index (χ0n) is 18.8. The van der Waals surface area contributed by atoms with Gasteiger partial charge in [0.15, 0.2) is 11.0 Å². The molecule has 0 radical (unpaired) electrons. The molecule has 1 unspecified atom stereocenters. The summed E-state index contributed by atoms with van der Waals surface area (Å²) >= 11 is 0. The molecule has 0 amide bonds. The van der Waals surface area contributed by atoms with Gasteiger partial charge in [-0.15, -0.1) is 5.10 Å². The first-order valence-electron chi connectivity index (χ1n) is 10.6. The van der Waals surface area contributed by atoms with Gasteiger partial charge in [-0.05, 0) is 57.1 Å². The molecule has 10 heteroatoms. The van der Waals surface area contributed by atoms with E-state index in [1.54, 1.807) is 13.3 Å².